The van der Waals surface area contributed by atoms with Gasteiger partial charge in [0.05, 0.1) is 11.4 Å². The number of aryl methyl sites for hydroxylation is 1. The first kappa shape index (κ1) is 24.9. The Morgan fingerprint density at radius 1 is 1.03 bits per heavy atom. The number of nitrogens with one attached hydrogen (secondary N) is 1. The largest absolute Gasteiger partial charge is 0.355 e. The maximum atomic E-state index is 14.4. The van der Waals surface area contributed by atoms with Crippen LogP contribution in [0.15, 0.2) is 42.6 Å². The summed E-state index contributed by atoms with van der Waals surface area (Å²) in [4.78, 5) is 17.5. The van der Waals surface area contributed by atoms with Crippen molar-refractivity contribution in [2.24, 2.45) is 11.1 Å². The third-order valence-corrected chi connectivity index (χ3v) is 8.45. The van der Waals surface area contributed by atoms with Crippen molar-refractivity contribution in [1.82, 2.24) is 25.1 Å². The van der Waals surface area contributed by atoms with Crippen LogP contribution >= 0.6 is 12.4 Å². The summed E-state index contributed by atoms with van der Waals surface area (Å²) in [5.41, 5.74) is 11.6. The Labute approximate surface area is 225 Å². The Hall–Kier alpha value is -3.37. The average molecular weight is 539 g/mol. The molecule has 8 nitrogen and oxygen atoms in total. The predicted molar refractivity (Wildman–Crippen MR) is 144 cm³/mol. The van der Waals surface area contributed by atoms with Crippen molar-refractivity contribution in [1.29, 1.82) is 0 Å². The van der Waals surface area contributed by atoms with Gasteiger partial charge in [0.25, 0.3) is 6.43 Å². The Balaban J connectivity index is 0.00000264. The summed E-state index contributed by atoms with van der Waals surface area (Å²) in [5.74, 6) is 0.745. The third kappa shape index (κ3) is 3.80. The van der Waals surface area contributed by atoms with Crippen molar-refractivity contribution in [3.05, 3.63) is 65.1 Å². The maximum Gasteiger partial charge on any atom is 0.284 e. The van der Waals surface area contributed by atoms with Crippen LogP contribution in [0.25, 0.3) is 11.2 Å². The molecule has 0 amide bonds. The van der Waals surface area contributed by atoms with E-state index in [0.29, 0.717) is 36.6 Å². The number of aromatic nitrogens is 5. The van der Waals surface area contributed by atoms with Crippen LogP contribution in [0.1, 0.15) is 54.2 Å². The van der Waals surface area contributed by atoms with Crippen LogP contribution in [-0.2, 0) is 12.8 Å². The zero-order valence-corrected chi connectivity index (χ0v) is 21.6. The first-order chi connectivity index (χ1) is 18.0. The lowest BCUT2D eigenvalue weighted by Crippen LogP contribution is -2.45. The summed E-state index contributed by atoms with van der Waals surface area (Å²) in [6.07, 6.45) is 3.35. The molecule has 2 aliphatic heterocycles. The molecule has 3 N–H and O–H groups in total. The summed E-state index contributed by atoms with van der Waals surface area (Å²) in [6.45, 7) is 1.92. The zero-order valence-electron chi connectivity index (χ0n) is 20.8. The molecule has 1 atom stereocenters. The van der Waals surface area contributed by atoms with E-state index < -0.39 is 6.43 Å². The van der Waals surface area contributed by atoms with E-state index in [0.717, 1.165) is 43.5 Å². The van der Waals surface area contributed by atoms with Gasteiger partial charge in [-0.3, -0.25) is 10.1 Å². The number of benzene rings is 1. The van der Waals surface area contributed by atoms with Crippen molar-refractivity contribution in [3.8, 4) is 0 Å². The monoisotopic (exact) mass is 538 g/mol. The van der Waals surface area contributed by atoms with Crippen molar-refractivity contribution in [3.63, 3.8) is 0 Å². The van der Waals surface area contributed by atoms with Gasteiger partial charge < -0.3 is 15.5 Å². The standard InChI is InChI=1S/C27H28F2N8.ClH/c28-23(29)20-25(36-13-9-27(10-14-36)15-16-5-1-2-6-17(16)22(27)30)33-24-21(32-20)26(35-34-24)37-12-4-7-18-19(37)8-3-11-31-18;/h1-3,5-6,8,11,22-23H,4,7,9-10,12-15,30H2,(H,33,34,35);1H/t22-;/m1./s1. The summed E-state index contributed by atoms with van der Waals surface area (Å²) in [5, 5.41) is 7.42. The molecule has 3 aliphatic rings. The minimum absolute atomic E-state index is 0. The Morgan fingerprint density at radius 2 is 1.84 bits per heavy atom. The first-order valence-corrected chi connectivity index (χ1v) is 12.9. The summed E-state index contributed by atoms with van der Waals surface area (Å²) in [7, 11) is 0. The van der Waals surface area contributed by atoms with Gasteiger partial charge in [-0.1, -0.05) is 24.3 Å². The number of hydrogen-bond donors (Lipinski definition) is 2. The molecule has 5 heterocycles. The highest BCUT2D eigenvalue weighted by Crippen LogP contribution is 2.51. The molecule has 38 heavy (non-hydrogen) atoms. The molecule has 1 fully saturated rings. The average Bonchev–Trinajstić information content (AvgIpc) is 3.46. The zero-order chi connectivity index (χ0) is 25.1. The van der Waals surface area contributed by atoms with E-state index in [1.807, 2.05) is 28.0 Å². The van der Waals surface area contributed by atoms with Crippen LogP contribution in [0, 0.1) is 5.41 Å². The number of piperidine rings is 1. The van der Waals surface area contributed by atoms with Gasteiger partial charge in [-0.05, 0) is 60.8 Å². The van der Waals surface area contributed by atoms with Crippen molar-refractivity contribution in [2.75, 3.05) is 29.4 Å². The normalized spacial score (nSPS) is 20.1. The van der Waals surface area contributed by atoms with E-state index in [-0.39, 0.29) is 35.4 Å². The lowest BCUT2D eigenvalue weighted by atomic mass is 9.73. The van der Waals surface area contributed by atoms with Gasteiger partial charge in [0.15, 0.2) is 22.8 Å². The lowest BCUT2D eigenvalue weighted by Gasteiger charge is -2.42. The smallest absolute Gasteiger partial charge is 0.284 e. The van der Waals surface area contributed by atoms with E-state index in [9.17, 15) is 8.78 Å². The van der Waals surface area contributed by atoms with Crippen LogP contribution in [-0.4, -0.2) is 44.8 Å². The van der Waals surface area contributed by atoms with E-state index in [1.165, 1.54) is 11.1 Å². The quantitative estimate of drug-likeness (QED) is 0.377. The van der Waals surface area contributed by atoms with Gasteiger partial charge in [0, 0.05) is 31.9 Å². The number of halogens is 3. The lowest BCUT2D eigenvalue weighted by molar-refractivity contribution is 0.145. The van der Waals surface area contributed by atoms with Gasteiger partial charge in [-0.25, -0.2) is 18.7 Å². The van der Waals surface area contributed by atoms with Crippen LogP contribution in [0.3, 0.4) is 0 Å². The van der Waals surface area contributed by atoms with Crippen molar-refractivity contribution < 1.29 is 8.78 Å². The fourth-order valence-electron chi connectivity index (χ4n) is 6.48. The Bertz CT molecular complexity index is 1480. The van der Waals surface area contributed by atoms with Crippen molar-refractivity contribution in [2.45, 2.75) is 44.6 Å². The molecule has 1 aromatic carbocycles. The molecule has 198 valence electrons. The molecule has 7 rings (SSSR count). The number of alkyl halides is 2. The second-order valence-electron chi connectivity index (χ2n) is 10.4. The van der Waals surface area contributed by atoms with Gasteiger partial charge >= 0.3 is 0 Å². The fraction of sp³-hybridized carbons (Fsp3) is 0.407. The number of nitrogens with zero attached hydrogens (tertiary/aromatic N) is 6. The summed E-state index contributed by atoms with van der Waals surface area (Å²) in [6, 6.07) is 12.2. The highest BCUT2D eigenvalue weighted by atomic mass is 35.5. The number of rotatable bonds is 3. The third-order valence-electron chi connectivity index (χ3n) is 8.45. The number of pyridine rings is 1. The predicted octanol–water partition coefficient (Wildman–Crippen LogP) is 5.03. The molecule has 1 saturated heterocycles. The molecule has 4 aromatic rings. The van der Waals surface area contributed by atoms with Gasteiger partial charge in [0.2, 0.25) is 0 Å². The molecule has 0 saturated carbocycles. The minimum atomic E-state index is -2.75. The van der Waals surface area contributed by atoms with Crippen LogP contribution < -0.4 is 15.5 Å². The molecule has 0 bridgehead atoms. The van der Waals surface area contributed by atoms with E-state index >= 15 is 0 Å². The van der Waals surface area contributed by atoms with E-state index in [4.69, 9.17) is 5.73 Å². The topological polar surface area (TPSA) is 99.8 Å². The molecule has 3 aromatic heterocycles. The second-order valence-corrected chi connectivity index (χ2v) is 10.4. The number of hydrogen-bond acceptors (Lipinski definition) is 7. The number of H-pyrrole nitrogens is 1. The molecule has 0 radical (unpaired) electrons. The highest BCUT2D eigenvalue weighted by molar-refractivity contribution is 5.88. The molecular formula is C27H29ClF2N8. The molecule has 1 aliphatic carbocycles. The molecular weight excluding hydrogens is 510 g/mol. The second kappa shape index (κ2) is 9.43. The summed E-state index contributed by atoms with van der Waals surface area (Å²) >= 11 is 0. The minimum Gasteiger partial charge on any atom is -0.355 e. The molecule has 11 heteroatoms. The van der Waals surface area contributed by atoms with E-state index in [1.54, 1.807) is 6.20 Å². The van der Waals surface area contributed by atoms with E-state index in [2.05, 4.69) is 43.3 Å². The number of nitrogens with two attached hydrogens (primary N) is 1. The molecule has 0 unspecified atom stereocenters. The van der Waals surface area contributed by atoms with Crippen LogP contribution in [0.2, 0.25) is 0 Å². The molecule has 1 spiro atoms. The van der Waals surface area contributed by atoms with Crippen LogP contribution in [0.4, 0.5) is 26.1 Å². The number of aromatic amines is 1. The highest BCUT2D eigenvalue weighted by Gasteiger charge is 2.46. The Morgan fingerprint density at radius 3 is 2.63 bits per heavy atom. The van der Waals surface area contributed by atoms with Gasteiger partial charge in [-0.15, -0.1) is 12.4 Å². The van der Waals surface area contributed by atoms with Crippen molar-refractivity contribution >= 4 is 40.9 Å². The van der Waals surface area contributed by atoms with Gasteiger partial charge in [0.1, 0.15) is 5.69 Å². The first-order valence-electron chi connectivity index (χ1n) is 12.9. The van der Waals surface area contributed by atoms with Crippen LogP contribution in [0.5, 0.6) is 0 Å². The van der Waals surface area contributed by atoms with Gasteiger partial charge in [-0.2, -0.15) is 5.10 Å². The number of fused-ring (bicyclic) bond motifs is 3. The SMILES string of the molecule is Cl.N[C@@H]1c2ccccc2CC12CCN(c1nc3[nH]nc(N4CCCc5ncccc54)c3nc1C(F)F)CC2. The Kier molecular flexibility index (Phi) is 6.19. The maximum absolute atomic E-state index is 14.4. The number of anilines is 3. The fourth-order valence-corrected chi connectivity index (χ4v) is 6.48. The summed E-state index contributed by atoms with van der Waals surface area (Å²) < 4.78 is 28.7.